The van der Waals surface area contributed by atoms with Crippen LogP contribution in [0.3, 0.4) is 0 Å². The summed E-state index contributed by atoms with van der Waals surface area (Å²) in [7, 11) is 0. The predicted molar refractivity (Wildman–Crippen MR) is 45.0 cm³/mol. The summed E-state index contributed by atoms with van der Waals surface area (Å²) >= 11 is 0. The van der Waals surface area contributed by atoms with E-state index in [0.717, 1.165) is 23.1 Å². The summed E-state index contributed by atoms with van der Waals surface area (Å²) in [5, 5.41) is 8.61. The molecular formula is C10H10N. The summed E-state index contributed by atoms with van der Waals surface area (Å²) in [6.07, 6.45) is 0.746. The standard InChI is InChI=1S/C10H10N/c1-3-9-4-8(2)5-10(6-9)7-11/h4-6H,1,3H2,2H3. The minimum atomic E-state index is 0.726. The Morgan fingerprint density at radius 3 is 2.73 bits per heavy atom. The van der Waals surface area contributed by atoms with Gasteiger partial charge in [-0.05, 0) is 43.5 Å². The van der Waals surface area contributed by atoms with Crippen molar-refractivity contribution < 1.29 is 0 Å². The second kappa shape index (κ2) is 3.21. The Morgan fingerprint density at radius 1 is 1.45 bits per heavy atom. The van der Waals surface area contributed by atoms with E-state index in [1.165, 1.54) is 0 Å². The van der Waals surface area contributed by atoms with E-state index in [-0.39, 0.29) is 0 Å². The van der Waals surface area contributed by atoms with Gasteiger partial charge in [-0.1, -0.05) is 6.07 Å². The van der Waals surface area contributed by atoms with E-state index in [2.05, 4.69) is 13.0 Å². The third kappa shape index (κ3) is 1.81. The van der Waals surface area contributed by atoms with Gasteiger partial charge in [0.15, 0.2) is 0 Å². The van der Waals surface area contributed by atoms with Gasteiger partial charge in [-0.2, -0.15) is 5.26 Å². The third-order valence-electron chi connectivity index (χ3n) is 1.55. The van der Waals surface area contributed by atoms with Crippen molar-refractivity contribution in [3.05, 3.63) is 41.8 Å². The predicted octanol–water partition coefficient (Wildman–Crippen LogP) is 2.24. The van der Waals surface area contributed by atoms with Crippen LogP contribution in [0.1, 0.15) is 16.7 Å². The first-order valence-corrected chi connectivity index (χ1v) is 3.56. The van der Waals surface area contributed by atoms with Crippen molar-refractivity contribution in [2.24, 2.45) is 0 Å². The molecule has 55 valence electrons. The van der Waals surface area contributed by atoms with Crippen molar-refractivity contribution in [1.29, 1.82) is 5.26 Å². The number of benzene rings is 1. The fourth-order valence-corrected chi connectivity index (χ4v) is 1.07. The molecule has 1 aromatic rings. The second-order valence-corrected chi connectivity index (χ2v) is 2.57. The molecule has 0 N–H and O–H groups in total. The lowest BCUT2D eigenvalue weighted by Gasteiger charge is -1.98. The molecule has 1 heteroatoms. The zero-order valence-corrected chi connectivity index (χ0v) is 6.59. The first-order valence-electron chi connectivity index (χ1n) is 3.56. The molecule has 0 bridgehead atoms. The van der Waals surface area contributed by atoms with Gasteiger partial charge in [-0.3, -0.25) is 0 Å². The van der Waals surface area contributed by atoms with Crippen molar-refractivity contribution in [2.45, 2.75) is 13.3 Å². The van der Waals surface area contributed by atoms with Crippen molar-refractivity contribution in [2.75, 3.05) is 0 Å². The molecule has 0 aliphatic rings. The molecule has 0 saturated carbocycles. The molecule has 0 atom stereocenters. The maximum Gasteiger partial charge on any atom is 0.0991 e. The summed E-state index contributed by atoms with van der Waals surface area (Å²) in [6.45, 7) is 5.75. The Morgan fingerprint density at radius 2 is 2.18 bits per heavy atom. The van der Waals surface area contributed by atoms with Crippen LogP contribution >= 0.6 is 0 Å². The van der Waals surface area contributed by atoms with E-state index in [1.807, 2.05) is 25.1 Å². The molecule has 1 radical (unpaired) electrons. The number of rotatable bonds is 1. The topological polar surface area (TPSA) is 23.8 Å². The fourth-order valence-electron chi connectivity index (χ4n) is 1.07. The van der Waals surface area contributed by atoms with E-state index in [0.29, 0.717) is 0 Å². The highest BCUT2D eigenvalue weighted by molar-refractivity contribution is 5.37. The van der Waals surface area contributed by atoms with Gasteiger partial charge in [0.1, 0.15) is 0 Å². The van der Waals surface area contributed by atoms with E-state index in [9.17, 15) is 0 Å². The Bertz CT molecular complexity index is 294. The molecule has 0 spiro atoms. The molecular weight excluding hydrogens is 134 g/mol. The first-order chi connectivity index (χ1) is 5.26. The summed E-state index contributed by atoms with van der Waals surface area (Å²) in [5.74, 6) is 0. The van der Waals surface area contributed by atoms with Crippen molar-refractivity contribution in [1.82, 2.24) is 0 Å². The van der Waals surface area contributed by atoms with Gasteiger partial charge in [0.2, 0.25) is 0 Å². The van der Waals surface area contributed by atoms with E-state index >= 15 is 0 Å². The molecule has 0 aromatic heterocycles. The quantitative estimate of drug-likeness (QED) is 0.593. The highest BCUT2D eigenvalue weighted by atomic mass is 14.2. The van der Waals surface area contributed by atoms with Crippen LogP contribution in [0.4, 0.5) is 0 Å². The molecule has 0 unspecified atom stereocenters. The largest absolute Gasteiger partial charge is 0.192 e. The second-order valence-electron chi connectivity index (χ2n) is 2.57. The third-order valence-corrected chi connectivity index (χ3v) is 1.55. The van der Waals surface area contributed by atoms with Crippen LogP contribution in [0.5, 0.6) is 0 Å². The lowest BCUT2D eigenvalue weighted by molar-refractivity contribution is 1.24. The highest BCUT2D eigenvalue weighted by Gasteiger charge is 1.94. The zero-order chi connectivity index (χ0) is 8.27. The molecule has 0 aliphatic heterocycles. The Labute approximate surface area is 67.3 Å². The van der Waals surface area contributed by atoms with Crippen LogP contribution in [-0.2, 0) is 6.42 Å². The zero-order valence-electron chi connectivity index (χ0n) is 6.59. The molecule has 0 fully saturated rings. The number of aryl methyl sites for hydroxylation is 1. The Balaban J connectivity index is 3.15. The number of nitriles is 1. The highest BCUT2D eigenvalue weighted by Crippen LogP contribution is 2.08. The van der Waals surface area contributed by atoms with Gasteiger partial charge in [0, 0.05) is 0 Å². The Hall–Kier alpha value is -1.29. The minimum absolute atomic E-state index is 0.726. The summed E-state index contributed by atoms with van der Waals surface area (Å²) < 4.78 is 0. The molecule has 1 aromatic carbocycles. The first kappa shape index (κ1) is 7.81. The molecule has 0 aliphatic carbocycles. The van der Waals surface area contributed by atoms with Crippen LogP contribution in [-0.4, -0.2) is 0 Å². The van der Waals surface area contributed by atoms with Crippen molar-refractivity contribution >= 4 is 0 Å². The molecule has 0 heterocycles. The lowest BCUT2D eigenvalue weighted by Crippen LogP contribution is -1.84. The molecule has 0 amide bonds. The van der Waals surface area contributed by atoms with Gasteiger partial charge < -0.3 is 0 Å². The van der Waals surface area contributed by atoms with Gasteiger partial charge in [-0.15, -0.1) is 0 Å². The van der Waals surface area contributed by atoms with Crippen LogP contribution in [0.25, 0.3) is 0 Å². The minimum Gasteiger partial charge on any atom is -0.192 e. The van der Waals surface area contributed by atoms with Crippen molar-refractivity contribution in [3.63, 3.8) is 0 Å². The lowest BCUT2D eigenvalue weighted by atomic mass is 10.1. The summed E-state index contributed by atoms with van der Waals surface area (Å²) in [4.78, 5) is 0. The maximum atomic E-state index is 8.61. The van der Waals surface area contributed by atoms with Crippen LogP contribution in [0, 0.1) is 25.2 Å². The number of hydrogen-bond donors (Lipinski definition) is 0. The average Bonchev–Trinajstić information content (AvgIpc) is 2.03. The monoisotopic (exact) mass is 144 g/mol. The Kier molecular flexibility index (Phi) is 2.28. The van der Waals surface area contributed by atoms with E-state index < -0.39 is 0 Å². The average molecular weight is 144 g/mol. The molecule has 11 heavy (non-hydrogen) atoms. The SMILES string of the molecule is [CH2]Cc1cc(C)cc(C#N)c1. The van der Waals surface area contributed by atoms with Crippen LogP contribution < -0.4 is 0 Å². The smallest absolute Gasteiger partial charge is 0.0991 e. The summed E-state index contributed by atoms with van der Waals surface area (Å²) in [6, 6.07) is 7.91. The van der Waals surface area contributed by atoms with Crippen LogP contribution in [0.2, 0.25) is 0 Å². The molecule has 0 saturated heterocycles. The van der Waals surface area contributed by atoms with E-state index in [4.69, 9.17) is 5.26 Å². The van der Waals surface area contributed by atoms with Crippen molar-refractivity contribution in [3.8, 4) is 6.07 Å². The van der Waals surface area contributed by atoms with E-state index in [1.54, 1.807) is 0 Å². The molecule has 1 rings (SSSR count). The van der Waals surface area contributed by atoms with Gasteiger partial charge >= 0.3 is 0 Å². The van der Waals surface area contributed by atoms with Gasteiger partial charge in [0.25, 0.3) is 0 Å². The van der Waals surface area contributed by atoms with Gasteiger partial charge in [0.05, 0.1) is 11.6 Å². The van der Waals surface area contributed by atoms with Gasteiger partial charge in [-0.25, -0.2) is 0 Å². The molecule has 1 nitrogen and oxygen atoms in total. The normalized spacial score (nSPS) is 9.18. The maximum absolute atomic E-state index is 8.61. The summed E-state index contributed by atoms with van der Waals surface area (Å²) in [5.41, 5.74) is 2.98. The van der Waals surface area contributed by atoms with Crippen LogP contribution in [0.15, 0.2) is 18.2 Å². The number of nitrogens with zero attached hydrogens (tertiary/aromatic N) is 1. The number of hydrogen-bond acceptors (Lipinski definition) is 1. The fraction of sp³-hybridized carbons (Fsp3) is 0.200.